The molecule has 3 N–H and O–H groups in total. The molecule has 68 valence electrons. The number of unbranched alkanes of at least 4 members (excludes halogenated alkanes) is 1. The Hall–Kier alpha value is -0.770. The normalized spacial score (nSPS) is 10.4. The van der Waals surface area contributed by atoms with Crippen LogP contribution in [-0.4, -0.2) is 20.9 Å². The third kappa shape index (κ3) is 2.37. The van der Waals surface area contributed by atoms with E-state index in [2.05, 4.69) is 11.9 Å². The summed E-state index contributed by atoms with van der Waals surface area (Å²) in [5, 5.41) is 18.2. The lowest BCUT2D eigenvalue weighted by Gasteiger charge is -1.96. The number of hydrogen-bond acceptors (Lipinski definition) is 3. The van der Waals surface area contributed by atoms with Crippen LogP contribution in [0.1, 0.15) is 19.8 Å². The predicted molar refractivity (Wildman–Crippen MR) is 49.8 cm³/mol. The fourth-order valence-corrected chi connectivity index (χ4v) is 1.88. The van der Waals surface area contributed by atoms with Gasteiger partial charge in [0.15, 0.2) is 5.88 Å². The van der Waals surface area contributed by atoms with Crippen LogP contribution in [0.4, 0.5) is 0 Å². The molecule has 1 aromatic heterocycles. The van der Waals surface area contributed by atoms with Gasteiger partial charge in [-0.05, 0) is 12.2 Å². The van der Waals surface area contributed by atoms with E-state index in [1.54, 1.807) is 11.8 Å². The van der Waals surface area contributed by atoms with Gasteiger partial charge in [-0.3, -0.25) is 4.98 Å². The monoisotopic (exact) mass is 187 g/mol. The van der Waals surface area contributed by atoms with Crippen LogP contribution >= 0.6 is 11.8 Å². The number of aromatic nitrogens is 1. The summed E-state index contributed by atoms with van der Waals surface area (Å²) < 4.78 is 0. The van der Waals surface area contributed by atoms with E-state index < -0.39 is 0 Å². The number of H-pyrrole nitrogens is 1. The Balaban J connectivity index is 2.45. The molecule has 0 aliphatic carbocycles. The molecule has 0 unspecified atom stereocenters. The van der Waals surface area contributed by atoms with Crippen molar-refractivity contribution in [2.75, 3.05) is 5.75 Å². The summed E-state index contributed by atoms with van der Waals surface area (Å²) in [4.78, 5) is 3.15. The number of hydrogen-bond donors (Lipinski definition) is 3. The van der Waals surface area contributed by atoms with Crippen molar-refractivity contribution in [1.29, 1.82) is 0 Å². The summed E-state index contributed by atoms with van der Waals surface area (Å²) in [6, 6.07) is 1.54. The molecule has 0 saturated heterocycles. The molecule has 0 atom stereocenters. The van der Waals surface area contributed by atoms with Crippen molar-refractivity contribution in [2.45, 2.75) is 24.7 Å². The van der Waals surface area contributed by atoms with Crippen LogP contribution < -0.4 is 0 Å². The predicted octanol–water partition coefficient (Wildman–Crippen LogP) is 2.32. The lowest BCUT2D eigenvalue weighted by molar-refractivity contribution is 0.421. The largest absolute Gasteiger partial charge is 0.494 e. The highest BCUT2D eigenvalue weighted by atomic mass is 32.2. The fraction of sp³-hybridized carbons (Fsp3) is 0.500. The fourth-order valence-electron chi connectivity index (χ4n) is 0.848. The Bertz CT molecular complexity index is 247. The Labute approximate surface area is 75.8 Å². The third-order valence-corrected chi connectivity index (χ3v) is 2.62. The Morgan fingerprint density at radius 2 is 2.25 bits per heavy atom. The highest BCUT2D eigenvalue weighted by molar-refractivity contribution is 7.99. The second-order valence-electron chi connectivity index (χ2n) is 2.57. The molecule has 0 saturated carbocycles. The SMILES string of the molecule is CCCCSc1cc(O)[nH]c1O. The lowest BCUT2D eigenvalue weighted by atomic mass is 10.4. The van der Waals surface area contributed by atoms with Crippen LogP contribution in [0.15, 0.2) is 11.0 Å². The van der Waals surface area contributed by atoms with Crippen molar-refractivity contribution in [3.8, 4) is 11.8 Å². The van der Waals surface area contributed by atoms with Gasteiger partial charge >= 0.3 is 0 Å². The smallest absolute Gasteiger partial charge is 0.205 e. The molecule has 0 amide bonds. The van der Waals surface area contributed by atoms with Crippen LogP contribution in [0.2, 0.25) is 0 Å². The van der Waals surface area contributed by atoms with Crippen molar-refractivity contribution in [3.63, 3.8) is 0 Å². The Kier molecular flexibility index (Phi) is 3.34. The zero-order valence-electron chi connectivity index (χ0n) is 7.00. The van der Waals surface area contributed by atoms with Crippen LogP contribution in [0.25, 0.3) is 0 Å². The molecule has 1 heterocycles. The Morgan fingerprint density at radius 3 is 2.75 bits per heavy atom. The maximum atomic E-state index is 9.19. The van der Waals surface area contributed by atoms with Crippen molar-refractivity contribution < 1.29 is 10.2 Å². The van der Waals surface area contributed by atoms with E-state index in [1.165, 1.54) is 6.07 Å². The molecule has 0 fully saturated rings. The maximum absolute atomic E-state index is 9.19. The first-order valence-electron chi connectivity index (χ1n) is 3.97. The van der Waals surface area contributed by atoms with Gasteiger partial charge < -0.3 is 10.2 Å². The van der Waals surface area contributed by atoms with Crippen LogP contribution in [0.3, 0.4) is 0 Å². The molecule has 4 heteroatoms. The van der Waals surface area contributed by atoms with Crippen LogP contribution in [0, 0.1) is 0 Å². The number of rotatable bonds is 4. The third-order valence-electron chi connectivity index (χ3n) is 1.50. The van der Waals surface area contributed by atoms with Crippen LogP contribution in [-0.2, 0) is 0 Å². The summed E-state index contributed by atoms with van der Waals surface area (Å²) in [6.45, 7) is 2.12. The summed E-state index contributed by atoms with van der Waals surface area (Å²) in [6.07, 6.45) is 2.26. The van der Waals surface area contributed by atoms with Gasteiger partial charge in [-0.15, -0.1) is 11.8 Å². The van der Waals surface area contributed by atoms with E-state index in [9.17, 15) is 5.11 Å². The zero-order valence-corrected chi connectivity index (χ0v) is 7.82. The molecule has 0 spiro atoms. The summed E-state index contributed by atoms with van der Waals surface area (Å²) in [7, 11) is 0. The minimum Gasteiger partial charge on any atom is -0.494 e. The first-order chi connectivity index (χ1) is 5.74. The molecule has 0 aromatic carbocycles. The number of aromatic hydroxyl groups is 2. The van der Waals surface area contributed by atoms with Crippen molar-refractivity contribution in [2.24, 2.45) is 0 Å². The first-order valence-corrected chi connectivity index (χ1v) is 4.96. The maximum Gasteiger partial charge on any atom is 0.205 e. The first kappa shape index (κ1) is 9.32. The second-order valence-corrected chi connectivity index (χ2v) is 3.71. The van der Waals surface area contributed by atoms with Gasteiger partial charge in [0.2, 0.25) is 5.88 Å². The van der Waals surface area contributed by atoms with Gasteiger partial charge in [0, 0.05) is 6.07 Å². The number of aromatic amines is 1. The van der Waals surface area contributed by atoms with Crippen molar-refractivity contribution in [1.82, 2.24) is 4.98 Å². The minimum atomic E-state index is 0.0199. The minimum absolute atomic E-state index is 0.0199. The van der Waals surface area contributed by atoms with Crippen LogP contribution in [0.5, 0.6) is 11.8 Å². The quantitative estimate of drug-likeness (QED) is 0.501. The van der Waals surface area contributed by atoms with Crippen molar-refractivity contribution >= 4 is 11.8 Å². The molecule has 0 bridgehead atoms. The van der Waals surface area contributed by atoms with Gasteiger partial charge in [-0.25, -0.2) is 0 Å². The number of thioether (sulfide) groups is 1. The van der Waals surface area contributed by atoms with E-state index >= 15 is 0 Å². The van der Waals surface area contributed by atoms with Gasteiger partial charge in [0.25, 0.3) is 0 Å². The molecule has 0 radical (unpaired) electrons. The molecule has 1 aromatic rings. The van der Waals surface area contributed by atoms with Gasteiger partial charge in [-0.1, -0.05) is 13.3 Å². The summed E-state index contributed by atoms with van der Waals surface area (Å²) in [5.74, 6) is 1.06. The Morgan fingerprint density at radius 1 is 1.50 bits per heavy atom. The number of nitrogens with one attached hydrogen (secondary N) is 1. The lowest BCUT2D eigenvalue weighted by Crippen LogP contribution is -1.76. The van der Waals surface area contributed by atoms with E-state index in [0.717, 1.165) is 23.5 Å². The summed E-state index contributed by atoms with van der Waals surface area (Å²) >= 11 is 1.55. The van der Waals surface area contributed by atoms with Gasteiger partial charge in [-0.2, -0.15) is 0 Å². The zero-order chi connectivity index (χ0) is 8.97. The van der Waals surface area contributed by atoms with E-state index in [-0.39, 0.29) is 11.8 Å². The average Bonchev–Trinajstić information content (AvgIpc) is 2.31. The molecule has 12 heavy (non-hydrogen) atoms. The van der Waals surface area contributed by atoms with Gasteiger partial charge in [0.1, 0.15) is 0 Å². The molecular weight excluding hydrogens is 174 g/mol. The molecule has 3 nitrogen and oxygen atoms in total. The topological polar surface area (TPSA) is 56.2 Å². The molecule has 1 rings (SSSR count). The summed E-state index contributed by atoms with van der Waals surface area (Å²) in [5.41, 5.74) is 0. The molecule has 0 aliphatic heterocycles. The second kappa shape index (κ2) is 4.30. The standard InChI is InChI=1S/C8H13NO2S/c1-2-3-4-12-6-5-7(10)9-8(6)11/h5,9-11H,2-4H2,1H3. The highest BCUT2D eigenvalue weighted by Gasteiger charge is 2.05. The molecule has 0 aliphatic rings. The van der Waals surface area contributed by atoms with E-state index in [1.807, 2.05) is 0 Å². The highest BCUT2D eigenvalue weighted by Crippen LogP contribution is 2.31. The van der Waals surface area contributed by atoms with E-state index in [4.69, 9.17) is 5.11 Å². The van der Waals surface area contributed by atoms with E-state index in [0.29, 0.717) is 0 Å². The average molecular weight is 187 g/mol. The van der Waals surface area contributed by atoms with Crippen molar-refractivity contribution in [3.05, 3.63) is 6.07 Å². The molecular formula is C8H13NO2S. The van der Waals surface area contributed by atoms with Gasteiger partial charge in [0.05, 0.1) is 4.90 Å².